The first-order valence-corrected chi connectivity index (χ1v) is 5.92. The number of phenols is 2. The molecule has 0 aliphatic carbocycles. The van der Waals surface area contributed by atoms with E-state index in [1.54, 1.807) is 11.3 Å². The molecule has 0 spiro atoms. The lowest BCUT2D eigenvalue weighted by Crippen LogP contribution is -2.22. The van der Waals surface area contributed by atoms with Gasteiger partial charge in [0, 0.05) is 12.1 Å². The van der Waals surface area contributed by atoms with E-state index in [1.807, 2.05) is 16.8 Å². The molecule has 3 N–H and O–H groups in total. The quantitative estimate of drug-likeness (QED) is 0.729. The predicted octanol–water partition coefficient (Wildman–Crippen LogP) is 2.09. The molecule has 17 heavy (non-hydrogen) atoms. The fourth-order valence-corrected chi connectivity index (χ4v) is 2.01. The van der Waals surface area contributed by atoms with Crippen LogP contribution in [-0.4, -0.2) is 16.1 Å². The second kappa shape index (κ2) is 4.88. The van der Waals surface area contributed by atoms with Crippen LogP contribution >= 0.6 is 11.3 Å². The summed E-state index contributed by atoms with van der Waals surface area (Å²) < 4.78 is 0. The van der Waals surface area contributed by atoms with Gasteiger partial charge in [-0.25, -0.2) is 0 Å². The Bertz CT molecular complexity index is 523. The summed E-state index contributed by atoms with van der Waals surface area (Å²) in [6.07, 6.45) is 0. The van der Waals surface area contributed by atoms with Crippen LogP contribution in [0.4, 0.5) is 0 Å². The van der Waals surface area contributed by atoms with Crippen molar-refractivity contribution < 1.29 is 15.0 Å². The number of benzene rings is 1. The number of phenolic OH excluding ortho intramolecular Hbond substituents is 2. The SMILES string of the molecule is O=C(NCc1ccsc1)c1ccc(O)c(O)c1. The molecule has 2 rings (SSSR count). The lowest BCUT2D eigenvalue weighted by Gasteiger charge is -2.05. The molecule has 0 fully saturated rings. The summed E-state index contributed by atoms with van der Waals surface area (Å²) in [4.78, 5) is 11.7. The van der Waals surface area contributed by atoms with Crippen LogP contribution in [0.1, 0.15) is 15.9 Å². The normalized spacial score (nSPS) is 10.1. The Labute approximate surface area is 102 Å². The Hall–Kier alpha value is -2.01. The topological polar surface area (TPSA) is 69.6 Å². The van der Waals surface area contributed by atoms with Crippen molar-refractivity contribution in [2.75, 3.05) is 0 Å². The maximum absolute atomic E-state index is 11.7. The minimum Gasteiger partial charge on any atom is -0.504 e. The van der Waals surface area contributed by atoms with Crippen LogP contribution in [0, 0.1) is 0 Å². The molecule has 0 unspecified atom stereocenters. The van der Waals surface area contributed by atoms with E-state index in [9.17, 15) is 9.90 Å². The zero-order valence-electron chi connectivity index (χ0n) is 8.88. The maximum Gasteiger partial charge on any atom is 0.251 e. The lowest BCUT2D eigenvalue weighted by molar-refractivity contribution is 0.0950. The minimum atomic E-state index is -0.298. The smallest absolute Gasteiger partial charge is 0.251 e. The van der Waals surface area contributed by atoms with Gasteiger partial charge in [-0.05, 0) is 40.6 Å². The van der Waals surface area contributed by atoms with Crippen molar-refractivity contribution >= 4 is 17.2 Å². The van der Waals surface area contributed by atoms with Crippen LogP contribution in [0.15, 0.2) is 35.0 Å². The number of thiophene rings is 1. The summed E-state index contributed by atoms with van der Waals surface area (Å²) in [6, 6.07) is 5.91. The number of carbonyl (C=O) groups excluding carboxylic acids is 1. The number of amides is 1. The number of aromatic hydroxyl groups is 2. The third kappa shape index (κ3) is 2.76. The average molecular weight is 249 g/mol. The summed E-state index contributed by atoms with van der Waals surface area (Å²) in [5, 5.41) is 25.0. The molecule has 0 saturated heterocycles. The summed E-state index contributed by atoms with van der Waals surface area (Å²) in [5.74, 6) is -0.820. The van der Waals surface area contributed by atoms with Gasteiger partial charge in [-0.15, -0.1) is 0 Å². The molecular weight excluding hydrogens is 238 g/mol. The standard InChI is InChI=1S/C12H11NO3S/c14-10-2-1-9(5-11(10)15)12(16)13-6-8-3-4-17-7-8/h1-5,7,14-15H,6H2,(H,13,16). The van der Waals surface area contributed by atoms with Crippen LogP contribution in [-0.2, 0) is 6.54 Å². The third-order valence-electron chi connectivity index (χ3n) is 2.27. The first kappa shape index (κ1) is 11.5. The number of hydrogen-bond acceptors (Lipinski definition) is 4. The Balaban J connectivity index is 2.02. The van der Waals surface area contributed by atoms with E-state index in [2.05, 4.69) is 5.32 Å². The summed E-state index contributed by atoms with van der Waals surface area (Å²) in [6.45, 7) is 0.448. The summed E-state index contributed by atoms with van der Waals surface area (Å²) in [7, 11) is 0. The van der Waals surface area contributed by atoms with E-state index < -0.39 is 0 Å². The van der Waals surface area contributed by atoms with Crippen LogP contribution in [0.3, 0.4) is 0 Å². The van der Waals surface area contributed by atoms with Gasteiger partial charge in [0.2, 0.25) is 0 Å². The molecule has 0 radical (unpaired) electrons. The minimum absolute atomic E-state index is 0.237. The highest BCUT2D eigenvalue weighted by Gasteiger charge is 2.08. The molecule has 5 heteroatoms. The highest BCUT2D eigenvalue weighted by atomic mass is 32.1. The van der Waals surface area contributed by atoms with Crippen molar-refractivity contribution in [3.05, 3.63) is 46.2 Å². The van der Waals surface area contributed by atoms with E-state index >= 15 is 0 Å². The van der Waals surface area contributed by atoms with Crippen LogP contribution < -0.4 is 5.32 Å². The Morgan fingerprint density at radius 2 is 2.06 bits per heavy atom. The lowest BCUT2D eigenvalue weighted by atomic mass is 10.2. The van der Waals surface area contributed by atoms with Crippen LogP contribution in [0.25, 0.3) is 0 Å². The number of rotatable bonds is 3. The predicted molar refractivity (Wildman–Crippen MR) is 65.3 cm³/mol. The average Bonchev–Trinajstić information content (AvgIpc) is 2.82. The summed E-state index contributed by atoms with van der Waals surface area (Å²) >= 11 is 1.57. The number of carbonyl (C=O) groups is 1. The maximum atomic E-state index is 11.7. The van der Waals surface area contributed by atoms with Gasteiger partial charge in [0.25, 0.3) is 5.91 Å². The Morgan fingerprint density at radius 1 is 1.24 bits per heavy atom. The number of hydrogen-bond donors (Lipinski definition) is 3. The van der Waals surface area contributed by atoms with Gasteiger partial charge in [0.15, 0.2) is 11.5 Å². The van der Waals surface area contributed by atoms with E-state index in [-0.39, 0.29) is 17.4 Å². The molecule has 1 aromatic heterocycles. The molecule has 0 saturated carbocycles. The van der Waals surface area contributed by atoms with E-state index in [1.165, 1.54) is 18.2 Å². The zero-order valence-corrected chi connectivity index (χ0v) is 9.70. The molecule has 0 aliphatic heterocycles. The molecule has 0 atom stereocenters. The monoisotopic (exact) mass is 249 g/mol. The molecular formula is C12H11NO3S. The highest BCUT2D eigenvalue weighted by molar-refractivity contribution is 7.07. The van der Waals surface area contributed by atoms with Gasteiger partial charge in [0.05, 0.1) is 0 Å². The van der Waals surface area contributed by atoms with Gasteiger partial charge >= 0.3 is 0 Å². The molecule has 4 nitrogen and oxygen atoms in total. The fraction of sp³-hybridized carbons (Fsp3) is 0.0833. The van der Waals surface area contributed by atoms with E-state index in [0.717, 1.165) is 5.56 Å². The van der Waals surface area contributed by atoms with Crippen molar-refractivity contribution in [2.24, 2.45) is 0 Å². The first-order valence-electron chi connectivity index (χ1n) is 4.98. The Kier molecular flexibility index (Phi) is 3.30. The fourth-order valence-electron chi connectivity index (χ4n) is 1.34. The van der Waals surface area contributed by atoms with Crippen molar-refractivity contribution in [1.29, 1.82) is 0 Å². The van der Waals surface area contributed by atoms with Crippen LogP contribution in [0.2, 0.25) is 0 Å². The molecule has 1 heterocycles. The van der Waals surface area contributed by atoms with Gasteiger partial charge in [-0.1, -0.05) is 0 Å². The van der Waals surface area contributed by atoms with E-state index in [0.29, 0.717) is 12.1 Å². The van der Waals surface area contributed by atoms with Gasteiger partial charge in [-0.2, -0.15) is 11.3 Å². The van der Waals surface area contributed by atoms with Crippen molar-refractivity contribution in [3.8, 4) is 11.5 Å². The summed E-state index contributed by atoms with van der Waals surface area (Å²) in [5.41, 5.74) is 1.35. The number of nitrogens with one attached hydrogen (secondary N) is 1. The molecule has 2 aromatic rings. The molecule has 1 aromatic carbocycles. The molecule has 1 amide bonds. The zero-order chi connectivity index (χ0) is 12.3. The van der Waals surface area contributed by atoms with Crippen molar-refractivity contribution in [3.63, 3.8) is 0 Å². The highest BCUT2D eigenvalue weighted by Crippen LogP contribution is 2.24. The Morgan fingerprint density at radius 3 is 2.71 bits per heavy atom. The van der Waals surface area contributed by atoms with Gasteiger partial charge in [-0.3, -0.25) is 4.79 Å². The third-order valence-corrected chi connectivity index (χ3v) is 3.00. The molecule has 88 valence electrons. The second-order valence-electron chi connectivity index (χ2n) is 3.52. The van der Waals surface area contributed by atoms with Gasteiger partial charge in [0.1, 0.15) is 0 Å². The molecule has 0 bridgehead atoms. The van der Waals surface area contributed by atoms with Gasteiger partial charge < -0.3 is 15.5 Å². The second-order valence-corrected chi connectivity index (χ2v) is 4.30. The molecule has 0 aliphatic rings. The first-order chi connectivity index (χ1) is 8.16. The largest absolute Gasteiger partial charge is 0.504 e. The van der Waals surface area contributed by atoms with E-state index in [4.69, 9.17) is 5.11 Å². The van der Waals surface area contributed by atoms with Crippen molar-refractivity contribution in [1.82, 2.24) is 5.32 Å². The van der Waals surface area contributed by atoms with Crippen molar-refractivity contribution in [2.45, 2.75) is 6.54 Å². The van der Waals surface area contributed by atoms with Crippen LogP contribution in [0.5, 0.6) is 11.5 Å².